The van der Waals surface area contributed by atoms with Crippen molar-refractivity contribution in [2.45, 2.75) is 219 Å². The fourth-order valence-corrected chi connectivity index (χ4v) is 17.3. The van der Waals surface area contributed by atoms with Crippen LogP contribution >= 0.6 is 11.8 Å². The number of nitrogens with one attached hydrogen (secondary N) is 5. The van der Waals surface area contributed by atoms with Gasteiger partial charge >= 0.3 is 0 Å². The molecule has 101 heavy (non-hydrogen) atoms. The molecular formula is C83H113N9O8S. The van der Waals surface area contributed by atoms with Crippen LogP contribution in [0.2, 0.25) is 0 Å². The van der Waals surface area contributed by atoms with Gasteiger partial charge in [-0.25, -0.2) is 0 Å². The molecule has 7 aliphatic rings. The first-order valence-corrected chi connectivity index (χ1v) is 39.1. The molecule has 17 nitrogen and oxygen atoms in total. The summed E-state index contributed by atoms with van der Waals surface area (Å²) in [5.74, 6) is 0.812. The van der Waals surface area contributed by atoms with Crippen LogP contribution in [-0.2, 0) is 46.4 Å². The van der Waals surface area contributed by atoms with Crippen molar-refractivity contribution >= 4 is 75.5 Å². The summed E-state index contributed by atoms with van der Waals surface area (Å²) < 4.78 is 0. The lowest BCUT2D eigenvalue weighted by Crippen LogP contribution is -2.59. The molecule has 5 fully saturated rings. The van der Waals surface area contributed by atoms with Gasteiger partial charge < -0.3 is 46.2 Å². The van der Waals surface area contributed by atoms with Gasteiger partial charge in [0, 0.05) is 72.2 Å². The van der Waals surface area contributed by atoms with Crippen molar-refractivity contribution in [3.63, 3.8) is 0 Å². The summed E-state index contributed by atoms with van der Waals surface area (Å²) in [6.45, 7) is 22.3. The number of nitrogens with zero attached hydrogens (tertiary/aromatic N) is 4. The Balaban J connectivity index is 0.000000163. The number of hydrogen-bond donors (Lipinski definition) is 5. The lowest BCUT2D eigenvalue weighted by Gasteiger charge is -2.41. The maximum atomic E-state index is 13.9. The van der Waals surface area contributed by atoms with E-state index >= 15 is 0 Å². The van der Waals surface area contributed by atoms with Gasteiger partial charge in [-0.05, 0) is 165 Å². The number of carbonyl (C=O) groups excluding carboxylic acids is 8. The average Bonchev–Trinajstić information content (AvgIpc) is 1.63. The van der Waals surface area contributed by atoms with Crippen LogP contribution in [0.3, 0.4) is 0 Å². The standard InChI is InChI=1S/C29H39N3O3.C28H43N3O2.C26H31N3O3S/c1-6-18(2)26(33)31-25(29(3,4)5)28(35)32-17-16-20-14-15-23(24(20)32)30-27(34)22-13-9-11-19-10-7-8-12-21(19)22;1-3-21(2)27(32)29-26(24-12-8-5-9-13-24)28(33)31-19-16-23-15-18-30(20-25(23)31)17-14-22-10-6-4-7-11-22;1-3-17(2)25(31)28-21-16-33-23-14-7-6-13-22(23)29(26(21)32)15-24(30)27-20-12-8-10-18-9-4-5-11-19(18)20/h7-13,18,20,23-25H,6,14-17H2,1-5H3,(H,30,34)(H,31,33);4,6-7,10-11,21,23-26H,3,5,8-9,12-20H2,1-2H3,(H,29,32);4-7,9,11,13-14,17,20-21H,3,8,10,12,15-16H2,1-2H3,(H,27,30)(H,28,31)/t18-,20-,23+,24+,25-;21-,23-,25-,26+;17-,20-,21-/m111/s1. The van der Waals surface area contributed by atoms with Crippen LogP contribution in [0.1, 0.15) is 192 Å². The van der Waals surface area contributed by atoms with E-state index in [1.54, 1.807) is 0 Å². The van der Waals surface area contributed by atoms with Gasteiger partial charge in [0.25, 0.3) is 11.8 Å². The fourth-order valence-electron chi connectivity index (χ4n) is 16.2. The summed E-state index contributed by atoms with van der Waals surface area (Å²) in [5, 5.41) is 17.6. The number of para-hydroxylation sites is 1. The Morgan fingerprint density at radius 1 is 0.584 bits per heavy atom. The third-order valence-electron chi connectivity index (χ3n) is 23.0. The van der Waals surface area contributed by atoms with Gasteiger partial charge in [0.1, 0.15) is 24.7 Å². The molecule has 0 unspecified atom stereocenters. The highest BCUT2D eigenvalue weighted by molar-refractivity contribution is 7.99. The van der Waals surface area contributed by atoms with Crippen molar-refractivity contribution in [1.29, 1.82) is 0 Å². The molecule has 0 bridgehead atoms. The second-order valence-electron chi connectivity index (χ2n) is 30.8. The number of aryl methyl sites for hydroxylation is 1. The Morgan fingerprint density at radius 2 is 1.23 bits per heavy atom. The lowest BCUT2D eigenvalue weighted by atomic mass is 9.82. The van der Waals surface area contributed by atoms with Crippen molar-refractivity contribution in [2.75, 3.05) is 49.9 Å². The van der Waals surface area contributed by atoms with Crippen LogP contribution in [0.4, 0.5) is 5.69 Å². The molecule has 5 aromatic carbocycles. The molecule has 544 valence electrons. The molecule has 12 rings (SSSR count). The number of rotatable bonds is 20. The summed E-state index contributed by atoms with van der Waals surface area (Å²) in [6, 6.07) is 38.7. The minimum Gasteiger partial charge on any atom is -0.348 e. The van der Waals surface area contributed by atoms with Crippen LogP contribution < -0.4 is 31.5 Å². The summed E-state index contributed by atoms with van der Waals surface area (Å²) in [4.78, 5) is 115. The number of benzene rings is 5. The first-order valence-electron chi connectivity index (χ1n) is 38.1. The molecule has 2 saturated carbocycles. The predicted octanol–water partition coefficient (Wildman–Crippen LogP) is 12.6. The van der Waals surface area contributed by atoms with Crippen molar-refractivity contribution in [3.8, 4) is 0 Å². The minimum absolute atomic E-state index is 0.0343. The van der Waals surface area contributed by atoms with Crippen molar-refractivity contribution in [2.24, 2.45) is 40.9 Å². The molecule has 8 amide bonds. The van der Waals surface area contributed by atoms with Crippen molar-refractivity contribution < 1.29 is 38.4 Å². The van der Waals surface area contributed by atoms with Crippen LogP contribution in [0.25, 0.3) is 10.8 Å². The Labute approximate surface area is 605 Å². The van der Waals surface area contributed by atoms with Crippen molar-refractivity contribution in [1.82, 2.24) is 41.3 Å². The van der Waals surface area contributed by atoms with E-state index in [1.807, 2.05) is 146 Å². The SMILES string of the molecule is CC[C@@H](C)C(=O)N[C@@H]1CSc2ccccc2N(CC(=O)N[C@@H]2CCCc3ccccc32)C1=O.CC[C@@H](C)C(=O)N[C@H](C(=O)N1CC[C@H]2CCN(CCc3ccccc3)C[C@H]21)C1CCCCC1.CC[C@@H](C)C(=O)N[C@H](C(=O)N1CC[C@H]2CC[C@H](NC(=O)c3cccc4ccccc34)[C@H]21)C(C)(C)C. The molecule has 5 aromatic rings. The Kier molecular flexibility index (Phi) is 26.8. The number of hydrogen-bond acceptors (Lipinski definition) is 10. The van der Waals surface area contributed by atoms with Crippen LogP contribution in [-0.4, -0.2) is 143 Å². The largest absolute Gasteiger partial charge is 0.348 e. The lowest BCUT2D eigenvalue weighted by molar-refractivity contribution is -0.141. The number of amides is 8. The van der Waals surface area contributed by atoms with Gasteiger partial charge in [-0.2, -0.15) is 0 Å². The smallest absolute Gasteiger partial charge is 0.252 e. The zero-order chi connectivity index (χ0) is 71.9. The predicted molar refractivity (Wildman–Crippen MR) is 403 cm³/mol. The number of likely N-dealkylation sites (tertiary alicyclic amines) is 3. The normalized spacial score (nSPS) is 23.4. The minimum atomic E-state index is -0.674. The van der Waals surface area contributed by atoms with Gasteiger partial charge in [0.2, 0.25) is 35.4 Å². The van der Waals surface area contributed by atoms with Gasteiger partial charge in [-0.3, -0.25) is 38.4 Å². The van der Waals surface area contributed by atoms with E-state index in [0.717, 1.165) is 124 Å². The van der Waals surface area contributed by atoms with E-state index in [-0.39, 0.29) is 102 Å². The quantitative estimate of drug-likeness (QED) is 0.0498. The molecule has 0 spiro atoms. The van der Waals surface area contributed by atoms with Crippen molar-refractivity contribution in [3.05, 3.63) is 144 Å². The third kappa shape index (κ3) is 19.0. The highest BCUT2D eigenvalue weighted by atomic mass is 32.2. The van der Waals surface area contributed by atoms with Gasteiger partial charge in [0.05, 0.1) is 17.8 Å². The number of anilines is 1. The third-order valence-corrected chi connectivity index (χ3v) is 24.1. The fraction of sp³-hybridized carbons (Fsp3) is 0.566. The zero-order valence-electron chi connectivity index (χ0n) is 61.5. The summed E-state index contributed by atoms with van der Waals surface area (Å²) in [5.41, 5.74) is 4.77. The maximum absolute atomic E-state index is 13.9. The highest BCUT2D eigenvalue weighted by Gasteiger charge is 2.50. The molecule has 3 aliphatic carbocycles. The average molecular weight is 1400 g/mol. The number of piperidine rings is 1. The first kappa shape index (κ1) is 76.1. The second-order valence-corrected chi connectivity index (χ2v) is 31.9. The molecule has 4 aliphatic heterocycles. The molecule has 0 radical (unpaired) electrons. The zero-order valence-corrected chi connectivity index (χ0v) is 62.3. The molecular weight excluding hydrogens is 1280 g/mol. The van der Waals surface area contributed by atoms with E-state index in [4.69, 9.17) is 0 Å². The number of thioether (sulfide) groups is 1. The number of fused-ring (bicyclic) bond motifs is 5. The monoisotopic (exact) mass is 1400 g/mol. The molecule has 18 heteroatoms. The molecule has 0 aromatic heterocycles. The topological polar surface area (TPSA) is 210 Å². The summed E-state index contributed by atoms with van der Waals surface area (Å²) in [7, 11) is 0. The van der Waals surface area contributed by atoms with Gasteiger partial charge in [-0.1, -0.05) is 185 Å². The van der Waals surface area contributed by atoms with Crippen LogP contribution in [0.15, 0.2) is 126 Å². The van der Waals surface area contributed by atoms with E-state index in [0.29, 0.717) is 47.8 Å². The van der Waals surface area contributed by atoms with E-state index in [2.05, 4.69) is 78.8 Å². The molecule has 3 saturated heterocycles. The van der Waals surface area contributed by atoms with Crippen LogP contribution in [0, 0.1) is 40.9 Å². The highest BCUT2D eigenvalue weighted by Crippen LogP contribution is 2.41. The summed E-state index contributed by atoms with van der Waals surface area (Å²) in [6.07, 6.45) is 17.0. The Bertz CT molecular complexity index is 3660. The molecule has 4 heterocycles. The molecule has 12 atom stereocenters. The number of carbonyl (C=O) groups is 8. The van der Waals surface area contributed by atoms with Gasteiger partial charge in [0.15, 0.2) is 0 Å². The molecule has 5 N–H and O–H groups in total. The Hall–Kier alpha value is -7.57. The summed E-state index contributed by atoms with van der Waals surface area (Å²) >= 11 is 1.53. The van der Waals surface area contributed by atoms with E-state index < -0.39 is 17.5 Å². The first-order chi connectivity index (χ1) is 48.6. The Morgan fingerprint density at radius 3 is 1.97 bits per heavy atom. The van der Waals surface area contributed by atoms with Crippen LogP contribution in [0.5, 0.6) is 0 Å². The maximum Gasteiger partial charge on any atom is 0.252 e. The van der Waals surface area contributed by atoms with E-state index in [1.165, 1.54) is 53.5 Å². The van der Waals surface area contributed by atoms with Gasteiger partial charge in [-0.15, -0.1) is 11.8 Å². The second kappa shape index (κ2) is 35.5. The van der Waals surface area contributed by atoms with E-state index in [9.17, 15) is 38.4 Å².